The van der Waals surface area contributed by atoms with E-state index < -0.39 is 12.5 Å². The molecule has 2 N–H and O–H groups in total. The number of nitrogens with zero attached hydrogens (tertiary/aromatic N) is 2. The summed E-state index contributed by atoms with van der Waals surface area (Å²) in [6.07, 6.45) is 7.59. The predicted octanol–water partition coefficient (Wildman–Crippen LogP) is 4.91. The van der Waals surface area contributed by atoms with Gasteiger partial charge in [0, 0.05) is 41.9 Å². The number of unbranched alkanes of at least 4 members (excludes halogenated alkanes) is 2. The van der Waals surface area contributed by atoms with Gasteiger partial charge in [0.1, 0.15) is 5.75 Å². The average Bonchev–Trinajstić information content (AvgIpc) is 3.52. The molecular formula is C26H29N3O4. The maximum absolute atomic E-state index is 13.4. The molecule has 1 amide bonds. The lowest BCUT2D eigenvalue weighted by atomic mass is 10.1. The standard InChI is InChI=1S/C26H29N3O4/c30-25(31)8-2-1-5-15-33-24-7-4-3-6-21(24)18-29(23-13-14-23)26(32)20-11-9-19(10-12-20)22-16-27-28-17-22/h3-4,6-7,9-12,16-17,23H,1-2,5,8,13-15,18H2,(H,27,28)(H,30,31)/i18D. The molecule has 33 heavy (non-hydrogen) atoms. The van der Waals surface area contributed by atoms with Crippen molar-refractivity contribution in [3.05, 3.63) is 72.1 Å². The molecule has 7 nitrogen and oxygen atoms in total. The van der Waals surface area contributed by atoms with Gasteiger partial charge in [-0.25, -0.2) is 0 Å². The number of nitrogens with one attached hydrogen (secondary N) is 1. The Balaban J connectivity index is 1.44. The number of carboxylic acid groups (broad SMARTS) is 1. The Bertz CT molecular complexity index is 1100. The highest BCUT2D eigenvalue weighted by molar-refractivity contribution is 5.95. The van der Waals surface area contributed by atoms with Gasteiger partial charge >= 0.3 is 5.97 Å². The first-order valence-electron chi connectivity index (χ1n) is 11.9. The van der Waals surface area contributed by atoms with Crippen LogP contribution in [0.15, 0.2) is 60.9 Å². The van der Waals surface area contributed by atoms with E-state index in [1.165, 1.54) is 0 Å². The lowest BCUT2D eigenvalue weighted by Gasteiger charge is -2.24. The summed E-state index contributed by atoms with van der Waals surface area (Å²) < 4.78 is 14.9. The number of benzene rings is 2. The monoisotopic (exact) mass is 448 g/mol. The van der Waals surface area contributed by atoms with Crippen LogP contribution in [0.25, 0.3) is 11.1 Å². The molecule has 1 saturated carbocycles. The molecule has 3 aromatic rings. The Morgan fingerprint density at radius 1 is 1.09 bits per heavy atom. The molecule has 1 aliphatic carbocycles. The molecule has 172 valence electrons. The zero-order chi connectivity index (χ0) is 23.9. The number of ether oxygens (including phenoxy) is 1. The highest BCUT2D eigenvalue weighted by Gasteiger charge is 2.33. The summed E-state index contributed by atoms with van der Waals surface area (Å²) in [5.41, 5.74) is 3.12. The average molecular weight is 449 g/mol. The van der Waals surface area contributed by atoms with Crippen LogP contribution in [-0.4, -0.2) is 44.7 Å². The molecule has 1 heterocycles. The fourth-order valence-corrected chi connectivity index (χ4v) is 3.65. The number of H-pyrrole nitrogens is 1. The van der Waals surface area contributed by atoms with Gasteiger partial charge in [-0.3, -0.25) is 14.7 Å². The number of carbonyl (C=O) groups is 2. The van der Waals surface area contributed by atoms with E-state index in [1.54, 1.807) is 29.4 Å². The van der Waals surface area contributed by atoms with Crippen LogP contribution in [0.4, 0.5) is 0 Å². The van der Waals surface area contributed by atoms with Crippen molar-refractivity contribution in [2.24, 2.45) is 0 Å². The third-order valence-corrected chi connectivity index (χ3v) is 5.63. The van der Waals surface area contributed by atoms with Crippen molar-refractivity contribution in [2.45, 2.75) is 51.1 Å². The number of aromatic amines is 1. The number of aliphatic carboxylic acids is 1. The molecule has 1 fully saturated rings. The number of carbonyl (C=O) groups excluding carboxylic acids is 1. The lowest BCUT2D eigenvalue weighted by Crippen LogP contribution is -2.32. The summed E-state index contributed by atoms with van der Waals surface area (Å²) in [7, 11) is 0. The molecule has 0 aliphatic heterocycles. The van der Waals surface area contributed by atoms with Crippen LogP contribution in [0, 0.1) is 0 Å². The molecule has 0 spiro atoms. The zero-order valence-corrected chi connectivity index (χ0v) is 18.4. The molecule has 0 saturated heterocycles. The second-order valence-corrected chi connectivity index (χ2v) is 8.23. The molecular weight excluding hydrogens is 418 g/mol. The summed E-state index contributed by atoms with van der Waals surface area (Å²) in [4.78, 5) is 25.7. The summed E-state index contributed by atoms with van der Waals surface area (Å²) in [5, 5.41) is 15.5. The Morgan fingerprint density at radius 3 is 2.58 bits per heavy atom. The Morgan fingerprint density at radius 2 is 1.88 bits per heavy atom. The van der Waals surface area contributed by atoms with E-state index in [0.29, 0.717) is 29.9 Å². The van der Waals surface area contributed by atoms with Crippen LogP contribution in [0.1, 0.15) is 55.8 Å². The topological polar surface area (TPSA) is 95.5 Å². The quantitative estimate of drug-likeness (QED) is 0.384. The predicted molar refractivity (Wildman–Crippen MR) is 125 cm³/mol. The van der Waals surface area contributed by atoms with Crippen molar-refractivity contribution in [3.63, 3.8) is 0 Å². The van der Waals surface area contributed by atoms with Gasteiger partial charge in [-0.2, -0.15) is 5.10 Å². The van der Waals surface area contributed by atoms with Gasteiger partial charge < -0.3 is 14.7 Å². The van der Waals surface area contributed by atoms with Crippen LogP contribution in [0.3, 0.4) is 0 Å². The SMILES string of the molecule is [2H]C(c1ccccc1OCCCCCC(=O)O)N(C(=O)c1ccc(-c2cn[nH]c2)cc1)C1CC1. The molecule has 1 aliphatic rings. The van der Waals surface area contributed by atoms with Crippen molar-refractivity contribution in [3.8, 4) is 16.9 Å². The normalized spacial score (nSPS) is 14.4. The smallest absolute Gasteiger partial charge is 0.303 e. The minimum atomic E-state index is -0.878. The maximum atomic E-state index is 13.4. The fourth-order valence-electron chi connectivity index (χ4n) is 3.65. The molecule has 4 rings (SSSR count). The number of carboxylic acids is 1. The molecule has 7 heteroatoms. The molecule has 1 unspecified atom stereocenters. The fraction of sp³-hybridized carbons (Fsp3) is 0.346. The van der Waals surface area contributed by atoms with Crippen molar-refractivity contribution >= 4 is 11.9 Å². The third-order valence-electron chi connectivity index (χ3n) is 5.63. The van der Waals surface area contributed by atoms with Crippen LogP contribution >= 0.6 is 0 Å². The van der Waals surface area contributed by atoms with Crippen molar-refractivity contribution in [1.29, 1.82) is 0 Å². The van der Waals surface area contributed by atoms with Gasteiger partial charge in [0.25, 0.3) is 5.91 Å². The first-order chi connectivity index (χ1) is 16.5. The van der Waals surface area contributed by atoms with E-state index in [0.717, 1.165) is 36.8 Å². The van der Waals surface area contributed by atoms with Crippen LogP contribution in [0.2, 0.25) is 0 Å². The second-order valence-electron chi connectivity index (χ2n) is 8.23. The van der Waals surface area contributed by atoms with Gasteiger partial charge in [-0.05, 0) is 55.9 Å². The summed E-state index contributed by atoms with van der Waals surface area (Å²) >= 11 is 0. The van der Waals surface area contributed by atoms with E-state index in [-0.39, 0.29) is 18.4 Å². The van der Waals surface area contributed by atoms with Crippen LogP contribution in [0.5, 0.6) is 5.75 Å². The molecule has 1 aromatic heterocycles. The van der Waals surface area contributed by atoms with Crippen molar-refractivity contribution < 1.29 is 20.8 Å². The molecule has 1 atom stereocenters. The number of hydrogen-bond acceptors (Lipinski definition) is 4. The van der Waals surface area contributed by atoms with E-state index >= 15 is 0 Å². The number of para-hydroxylation sites is 1. The van der Waals surface area contributed by atoms with E-state index in [4.69, 9.17) is 11.2 Å². The highest BCUT2D eigenvalue weighted by Crippen LogP contribution is 2.32. The Labute approximate surface area is 194 Å². The number of aromatic nitrogens is 2. The maximum Gasteiger partial charge on any atom is 0.303 e. The summed E-state index contributed by atoms with van der Waals surface area (Å²) in [6.45, 7) is -0.437. The van der Waals surface area contributed by atoms with E-state index in [2.05, 4.69) is 10.2 Å². The first kappa shape index (κ1) is 21.2. The number of hydrogen-bond donors (Lipinski definition) is 2. The zero-order valence-electron chi connectivity index (χ0n) is 19.4. The van der Waals surface area contributed by atoms with Gasteiger partial charge in [-0.15, -0.1) is 0 Å². The number of rotatable bonds is 12. The van der Waals surface area contributed by atoms with E-state index in [9.17, 15) is 9.59 Å². The minimum absolute atomic E-state index is 0.0487. The Kier molecular flexibility index (Phi) is 6.96. The van der Waals surface area contributed by atoms with Crippen molar-refractivity contribution in [2.75, 3.05) is 6.61 Å². The summed E-state index contributed by atoms with van der Waals surface area (Å²) in [6, 6.07) is 14.8. The molecule has 2 aromatic carbocycles. The first-order valence-corrected chi connectivity index (χ1v) is 11.3. The second kappa shape index (κ2) is 10.8. The molecule has 0 radical (unpaired) electrons. The molecule has 0 bridgehead atoms. The van der Waals surface area contributed by atoms with Gasteiger partial charge in [0.2, 0.25) is 0 Å². The highest BCUT2D eigenvalue weighted by atomic mass is 16.5. The van der Waals surface area contributed by atoms with Gasteiger partial charge in [-0.1, -0.05) is 30.3 Å². The third kappa shape index (κ3) is 6.22. The van der Waals surface area contributed by atoms with Gasteiger partial charge in [0.15, 0.2) is 0 Å². The largest absolute Gasteiger partial charge is 0.493 e. The van der Waals surface area contributed by atoms with Crippen LogP contribution in [-0.2, 0) is 11.3 Å². The number of amides is 1. The van der Waals surface area contributed by atoms with Crippen LogP contribution < -0.4 is 4.74 Å². The summed E-state index contributed by atoms with van der Waals surface area (Å²) in [5.74, 6) is -0.358. The Hall–Kier alpha value is -3.61. The van der Waals surface area contributed by atoms with Gasteiger partial charge in [0.05, 0.1) is 14.2 Å². The minimum Gasteiger partial charge on any atom is -0.493 e. The van der Waals surface area contributed by atoms with E-state index in [1.807, 2.05) is 36.4 Å². The lowest BCUT2D eigenvalue weighted by molar-refractivity contribution is -0.137. The van der Waals surface area contributed by atoms with Crippen molar-refractivity contribution in [1.82, 2.24) is 15.1 Å².